The highest BCUT2D eigenvalue weighted by Gasteiger charge is 2.19. The van der Waals surface area contributed by atoms with E-state index in [0.717, 1.165) is 12.5 Å². The summed E-state index contributed by atoms with van der Waals surface area (Å²) in [4.78, 5) is 5.01. The number of nitrogens with one attached hydrogen (secondary N) is 1. The Morgan fingerprint density at radius 3 is 2.47 bits per heavy atom. The fraction of sp³-hybridized carbons (Fsp3) is 1.00. The first-order chi connectivity index (χ1) is 8.24. The summed E-state index contributed by atoms with van der Waals surface area (Å²) in [6.07, 6.45) is 5.82. The van der Waals surface area contributed by atoms with E-state index in [-0.39, 0.29) is 0 Å². The third-order valence-electron chi connectivity index (χ3n) is 4.43. The van der Waals surface area contributed by atoms with E-state index in [2.05, 4.69) is 29.1 Å². The van der Waals surface area contributed by atoms with Gasteiger partial charge in [0.25, 0.3) is 0 Å². The van der Waals surface area contributed by atoms with Gasteiger partial charge in [-0.25, -0.2) is 0 Å². The van der Waals surface area contributed by atoms with E-state index in [1.807, 2.05) is 0 Å². The second kappa shape index (κ2) is 6.72. The minimum absolute atomic E-state index is 0.716. The molecule has 1 heterocycles. The molecular formula is C14H29N3. The maximum absolute atomic E-state index is 3.68. The van der Waals surface area contributed by atoms with Crippen molar-refractivity contribution in [1.82, 2.24) is 15.1 Å². The number of hydrogen-bond acceptors (Lipinski definition) is 3. The van der Waals surface area contributed by atoms with Crippen molar-refractivity contribution in [2.75, 3.05) is 46.3 Å². The monoisotopic (exact) mass is 239 g/mol. The zero-order chi connectivity index (χ0) is 12.1. The molecule has 0 aromatic rings. The molecular weight excluding hydrogens is 210 g/mol. The standard InChI is InChI=1S/C14H29N3/c1-13(12-14-4-3-5-14)15-6-7-17-10-8-16(2)9-11-17/h13-15H,3-12H2,1-2H3. The number of likely N-dealkylation sites (N-methyl/N-ethyl adjacent to an activating group) is 1. The Labute approximate surface area is 107 Å². The smallest absolute Gasteiger partial charge is 0.0110 e. The molecule has 100 valence electrons. The number of hydrogen-bond donors (Lipinski definition) is 1. The summed E-state index contributed by atoms with van der Waals surface area (Å²) < 4.78 is 0. The average molecular weight is 239 g/mol. The molecule has 2 fully saturated rings. The van der Waals surface area contributed by atoms with E-state index in [1.165, 1.54) is 58.4 Å². The van der Waals surface area contributed by atoms with Crippen LogP contribution < -0.4 is 5.32 Å². The summed E-state index contributed by atoms with van der Waals surface area (Å²) in [7, 11) is 2.22. The highest BCUT2D eigenvalue weighted by molar-refractivity contribution is 4.76. The van der Waals surface area contributed by atoms with E-state index in [1.54, 1.807) is 0 Å². The van der Waals surface area contributed by atoms with Gasteiger partial charge in [0.15, 0.2) is 0 Å². The molecule has 1 saturated carbocycles. The van der Waals surface area contributed by atoms with Gasteiger partial charge in [0.2, 0.25) is 0 Å². The maximum atomic E-state index is 3.68. The minimum Gasteiger partial charge on any atom is -0.313 e. The summed E-state index contributed by atoms with van der Waals surface area (Å²) in [5.41, 5.74) is 0. The van der Waals surface area contributed by atoms with Crippen molar-refractivity contribution < 1.29 is 0 Å². The molecule has 3 heteroatoms. The van der Waals surface area contributed by atoms with E-state index in [0.29, 0.717) is 6.04 Å². The number of rotatable bonds is 6. The maximum Gasteiger partial charge on any atom is 0.0110 e. The number of nitrogens with zero attached hydrogens (tertiary/aromatic N) is 2. The predicted octanol–water partition coefficient (Wildman–Crippen LogP) is 1.40. The molecule has 1 saturated heterocycles. The average Bonchev–Trinajstić information content (AvgIpc) is 2.26. The molecule has 2 rings (SSSR count). The molecule has 0 spiro atoms. The molecule has 0 aromatic carbocycles. The van der Waals surface area contributed by atoms with Crippen LogP contribution in [-0.2, 0) is 0 Å². The molecule has 1 unspecified atom stereocenters. The largest absolute Gasteiger partial charge is 0.313 e. The van der Waals surface area contributed by atoms with Crippen molar-refractivity contribution in [2.45, 2.75) is 38.6 Å². The molecule has 1 aliphatic heterocycles. The Bertz CT molecular complexity index is 208. The second-order valence-corrected chi connectivity index (χ2v) is 6.03. The lowest BCUT2D eigenvalue weighted by Crippen LogP contribution is -2.47. The van der Waals surface area contributed by atoms with Gasteiger partial charge in [-0.1, -0.05) is 19.3 Å². The van der Waals surface area contributed by atoms with E-state index < -0.39 is 0 Å². The Kier molecular flexibility index (Phi) is 5.26. The van der Waals surface area contributed by atoms with Crippen LogP contribution in [0.1, 0.15) is 32.6 Å². The third kappa shape index (κ3) is 4.57. The third-order valence-corrected chi connectivity index (χ3v) is 4.43. The van der Waals surface area contributed by atoms with Crippen LogP contribution in [0.3, 0.4) is 0 Å². The van der Waals surface area contributed by atoms with Crippen molar-refractivity contribution in [1.29, 1.82) is 0 Å². The number of piperazine rings is 1. The Morgan fingerprint density at radius 2 is 1.88 bits per heavy atom. The SMILES string of the molecule is CC(CC1CCC1)NCCN1CCN(C)CC1. The molecule has 2 aliphatic rings. The lowest BCUT2D eigenvalue weighted by Gasteiger charge is -2.33. The van der Waals surface area contributed by atoms with Crippen LogP contribution in [0.4, 0.5) is 0 Å². The van der Waals surface area contributed by atoms with Crippen LogP contribution in [0, 0.1) is 5.92 Å². The zero-order valence-electron chi connectivity index (χ0n) is 11.6. The van der Waals surface area contributed by atoms with Gasteiger partial charge in [-0.05, 0) is 26.3 Å². The summed E-state index contributed by atoms with van der Waals surface area (Å²) in [6.45, 7) is 9.70. The van der Waals surface area contributed by atoms with Gasteiger partial charge in [0, 0.05) is 45.3 Å². The van der Waals surface area contributed by atoms with Crippen molar-refractivity contribution in [3.63, 3.8) is 0 Å². The molecule has 1 aliphatic carbocycles. The summed E-state index contributed by atoms with van der Waals surface area (Å²) in [5, 5.41) is 3.68. The molecule has 0 radical (unpaired) electrons. The van der Waals surface area contributed by atoms with Crippen LogP contribution in [0.25, 0.3) is 0 Å². The fourth-order valence-corrected chi connectivity index (χ4v) is 2.85. The predicted molar refractivity (Wildman–Crippen MR) is 73.4 cm³/mol. The van der Waals surface area contributed by atoms with Crippen LogP contribution in [0.5, 0.6) is 0 Å². The zero-order valence-corrected chi connectivity index (χ0v) is 11.6. The summed E-state index contributed by atoms with van der Waals surface area (Å²) in [6, 6.07) is 0.716. The van der Waals surface area contributed by atoms with Crippen LogP contribution in [0.15, 0.2) is 0 Å². The molecule has 1 atom stereocenters. The Balaban J connectivity index is 1.50. The van der Waals surface area contributed by atoms with Crippen LogP contribution in [0.2, 0.25) is 0 Å². The minimum atomic E-state index is 0.716. The quantitative estimate of drug-likeness (QED) is 0.756. The van der Waals surface area contributed by atoms with Crippen molar-refractivity contribution >= 4 is 0 Å². The normalized spacial score (nSPS) is 25.8. The molecule has 17 heavy (non-hydrogen) atoms. The van der Waals surface area contributed by atoms with Gasteiger partial charge in [0.05, 0.1) is 0 Å². The topological polar surface area (TPSA) is 18.5 Å². The fourth-order valence-electron chi connectivity index (χ4n) is 2.85. The van der Waals surface area contributed by atoms with Gasteiger partial charge in [0.1, 0.15) is 0 Å². The van der Waals surface area contributed by atoms with Gasteiger partial charge in [-0.15, -0.1) is 0 Å². The van der Waals surface area contributed by atoms with E-state index >= 15 is 0 Å². The van der Waals surface area contributed by atoms with Gasteiger partial charge >= 0.3 is 0 Å². The van der Waals surface area contributed by atoms with Gasteiger partial charge < -0.3 is 10.2 Å². The first-order valence-electron chi connectivity index (χ1n) is 7.38. The molecule has 0 amide bonds. The van der Waals surface area contributed by atoms with Crippen molar-refractivity contribution in [3.05, 3.63) is 0 Å². The first kappa shape index (κ1) is 13.3. The van der Waals surface area contributed by atoms with Crippen molar-refractivity contribution in [2.24, 2.45) is 5.92 Å². The lowest BCUT2D eigenvalue weighted by molar-refractivity contribution is 0.152. The molecule has 0 aromatic heterocycles. The van der Waals surface area contributed by atoms with E-state index in [9.17, 15) is 0 Å². The molecule has 0 bridgehead atoms. The Morgan fingerprint density at radius 1 is 1.18 bits per heavy atom. The molecule has 3 nitrogen and oxygen atoms in total. The Hall–Kier alpha value is -0.120. The highest BCUT2D eigenvalue weighted by Crippen LogP contribution is 2.30. The highest BCUT2D eigenvalue weighted by atomic mass is 15.2. The molecule has 1 N–H and O–H groups in total. The summed E-state index contributed by atoms with van der Waals surface area (Å²) >= 11 is 0. The van der Waals surface area contributed by atoms with Crippen LogP contribution in [-0.4, -0.2) is 62.2 Å². The first-order valence-corrected chi connectivity index (χ1v) is 7.38. The van der Waals surface area contributed by atoms with Gasteiger partial charge in [-0.3, -0.25) is 4.90 Å². The van der Waals surface area contributed by atoms with E-state index in [4.69, 9.17) is 0 Å². The second-order valence-electron chi connectivity index (χ2n) is 6.03. The van der Waals surface area contributed by atoms with Crippen LogP contribution >= 0.6 is 0 Å². The lowest BCUT2D eigenvalue weighted by atomic mass is 9.81. The van der Waals surface area contributed by atoms with Crippen molar-refractivity contribution in [3.8, 4) is 0 Å². The summed E-state index contributed by atoms with van der Waals surface area (Å²) in [5.74, 6) is 1.03. The van der Waals surface area contributed by atoms with Gasteiger partial charge in [-0.2, -0.15) is 0 Å².